The monoisotopic (exact) mass is 360 g/mol. The van der Waals surface area contributed by atoms with Gasteiger partial charge in [0.1, 0.15) is 0 Å². The Morgan fingerprint density at radius 3 is 2.30 bits per heavy atom. The molecule has 0 aliphatic rings. The van der Waals surface area contributed by atoms with Crippen LogP contribution >= 0.6 is 35.6 Å². The zero-order chi connectivity index (χ0) is 16.5. The van der Waals surface area contributed by atoms with E-state index in [2.05, 4.69) is 43.3 Å². The summed E-state index contributed by atoms with van der Waals surface area (Å²) < 4.78 is 0.918. The summed E-state index contributed by atoms with van der Waals surface area (Å²) in [6, 6.07) is 20.7. The minimum Gasteiger partial charge on any atom is -0.110 e. The minimum absolute atomic E-state index is 0.478. The third-order valence-corrected chi connectivity index (χ3v) is 5.46. The van der Waals surface area contributed by atoms with Crippen molar-refractivity contribution in [3.05, 3.63) is 82.9 Å². The molecular weight excluding hydrogens is 340 g/mol. The molecule has 3 heteroatoms. The Bertz CT molecular complexity index is 635. The molecule has 2 aromatic carbocycles. The van der Waals surface area contributed by atoms with Crippen LogP contribution in [0.1, 0.15) is 36.8 Å². The second kappa shape index (κ2) is 9.92. The van der Waals surface area contributed by atoms with Crippen molar-refractivity contribution in [2.75, 3.05) is 5.75 Å². The molecule has 0 saturated heterocycles. The predicted molar refractivity (Wildman–Crippen MR) is 109 cm³/mol. The maximum atomic E-state index is 6.44. The highest BCUT2D eigenvalue weighted by Gasteiger charge is 2.10. The Kier molecular flexibility index (Phi) is 7.87. The number of hydrogen-bond donors (Lipinski definition) is 0. The van der Waals surface area contributed by atoms with Crippen LogP contribution in [-0.4, -0.2) is 9.95 Å². The lowest BCUT2D eigenvalue weighted by Crippen LogP contribution is -1.98. The molecule has 0 radical (unpaired) electrons. The van der Waals surface area contributed by atoms with Crippen LogP contribution in [0.15, 0.2) is 71.8 Å². The number of halogens is 1. The molecule has 0 amide bonds. The van der Waals surface area contributed by atoms with Crippen molar-refractivity contribution in [3.8, 4) is 0 Å². The van der Waals surface area contributed by atoms with Crippen molar-refractivity contribution in [1.82, 2.24) is 0 Å². The largest absolute Gasteiger partial charge is 0.110 e. The van der Waals surface area contributed by atoms with Crippen LogP contribution in [0.2, 0.25) is 0 Å². The molecule has 0 aliphatic heterocycles. The summed E-state index contributed by atoms with van der Waals surface area (Å²) >= 11 is 13.5. The normalized spacial score (nSPS) is 12.9. The van der Waals surface area contributed by atoms with E-state index in [0.717, 1.165) is 33.4 Å². The lowest BCUT2D eigenvalue weighted by Gasteiger charge is -2.14. The van der Waals surface area contributed by atoms with Gasteiger partial charge in [-0.1, -0.05) is 97.5 Å². The van der Waals surface area contributed by atoms with Crippen LogP contribution in [0.3, 0.4) is 0 Å². The summed E-state index contributed by atoms with van der Waals surface area (Å²) in [6.45, 7) is 2.21. The average molecular weight is 361 g/mol. The first kappa shape index (κ1) is 18.3. The van der Waals surface area contributed by atoms with Crippen LogP contribution in [-0.2, 0) is 0 Å². The van der Waals surface area contributed by atoms with Gasteiger partial charge >= 0.3 is 0 Å². The molecule has 2 aromatic rings. The van der Waals surface area contributed by atoms with Crippen molar-refractivity contribution >= 4 is 39.8 Å². The van der Waals surface area contributed by atoms with Gasteiger partial charge in [0, 0.05) is 10.8 Å². The highest BCUT2D eigenvalue weighted by atomic mass is 35.5. The first-order chi connectivity index (χ1) is 11.2. The van der Waals surface area contributed by atoms with Crippen molar-refractivity contribution in [2.24, 2.45) is 0 Å². The zero-order valence-electron chi connectivity index (χ0n) is 13.2. The van der Waals surface area contributed by atoms with Gasteiger partial charge < -0.3 is 0 Å². The first-order valence-corrected chi connectivity index (χ1v) is 9.59. The Balaban J connectivity index is 1.86. The molecule has 0 bridgehead atoms. The number of thioether (sulfide) groups is 1. The smallest absolute Gasteiger partial charge is 0.0781 e. The van der Waals surface area contributed by atoms with Gasteiger partial charge in [-0.3, -0.25) is 0 Å². The lowest BCUT2D eigenvalue weighted by atomic mass is 9.93. The molecule has 2 rings (SSSR count). The SMILES string of the molecule is CCC(CC(Cl)=CCSC(=S)c1ccccc1)c1ccccc1. The lowest BCUT2D eigenvalue weighted by molar-refractivity contribution is 0.668. The molecule has 0 aromatic heterocycles. The molecule has 0 fully saturated rings. The summed E-state index contributed by atoms with van der Waals surface area (Å²) in [5.41, 5.74) is 2.46. The fraction of sp³-hybridized carbons (Fsp3) is 0.250. The Morgan fingerprint density at radius 1 is 1.09 bits per heavy atom. The molecule has 0 nitrogen and oxygen atoms in total. The van der Waals surface area contributed by atoms with Crippen LogP contribution < -0.4 is 0 Å². The van der Waals surface area contributed by atoms with E-state index in [0.29, 0.717) is 5.92 Å². The Labute approximate surface area is 154 Å². The van der Waals surface area contributed by atoms with E-state index in [1.165, 1.54) is 5.56 Å². The number of rotatable bonds is 7. The zero-order valence-corrected chi connectivity index (χ0v) is 15.6. The van der Waals surface area contributed by atoms with Crippen molar-refractivity contribution < 1.29 is 0 Å². The topological polar surface area (TPSA) is 0 Å². The van der Waals surface area contributed by atoms with E-state index >= 15 is 0 Å². The predicted octanol–water partition coefficient (Wildman–Crippen LogP) is 6.80. The Morgan fingerprint density at radius 2 is 1.70 bits per heavy atom. The Hall–Kier alpha value is -1.09. The molecule has 0 N–H and O–H groups in total. The highest BCUT2D eigenvalue weighted by Crippen LogP contribution is 2.28. The second-order valence-electron chi connectivity index (χ2n) is 5.34. The van der Waals surface area contributed by atoms with Crippen molar-refractivity contribution in [2.45, 2.75) is 25.7 Å². The van der Waals surface area contributed by atoms with Crippen LogP contribution in [0, 0.1) is 0 Å². The molecule has 0 heterocycles. The van der Waals surface area contributed by atoms with Gasteiger partial charge in [0.2, 0.25) is 0 Å². The molecule has 120 valence electrons. The fourth-order valence-electron chi connectivity index (χ4n) is 2.41. The number of thiocarbonyl (C=S) groups is 1. The summed E-state index contributed by atoms with van der Waals surface area (Å²) in [4.78, 5) is 0. The van der Waals surface area contributed by atoms with Gasteiger partial charge in [-0.15, -0.1) is 11.8 Å². The standard InChI is InChI=1S/C20H21ClS2/c1-2-16(17-9-5-3-6-10-17)15-19(21)13-14-23-20(22)18-11-7-4-8-12-18/h3-13,16H,2,14-15H2,1H3. The quantitative estimate of drug-likeness (QED) is 0.498. The van der Waals surface area contributed by atoms with Gasteiger partial charge in [-0.25, -0.2) is 0 Å². The fourth-order valence-corrected chi connectivity index (χ4v) is 3.84. The summed E-state index contributed by atoms with van der Waals surface area (Å²) in [5.74, 6) is 1.30. The summed E-state index contributed by atoms with van der Waals surface area (Å²) in [5, 5.41) is 0.920. The molecule has 0 aliphatic carbocycles. The molecular formula is C20H21ClS2. The van der Waals surface area contributed by atoms with Gasteiger partial charge in [0.05, 0.1) is 4.20 Å². The first-order valence-electron chi connectivity index (χ1n) is 7.82. The number of benzene rings is 2. The maximum absolute atomic E-state index is 6.44. The van der Waals surface area contributed by atoms with Gasteiger partial charge in [-0.2, -0.15) is 0 Å². The molecule has 23 heavy (non-hydrogen) atoms. The second-order valence-corrected chi connectivity index (χ2v) is 7.52. The highest BCUT2D eigenvalue weighted by molar-refractivity contribution is 8.23. The molecule has 1 atom stereocenters. The van der Waals surface area contributed by atoms with E-state index in [4.69, 9.17) is 23.8 Å². The van der Waals surface area contributed by atoms with Crippen LogP contribution in [0.25, 0.3) is 0 Å². The third kappa shape index (κ3) is 6.14. The van der Waals surface area contributed by atoms with Crippen LogP contribution in [0.4, 0.5) is 0 Å². The van der Waals surface area contributed by atoms with Gasteiger partial charge in [0.15, 0.2) is 0 Å². The molecule has 1 unspecified atom stereocenters. The minimum atomic E-state index is 0.478. The average Bonchev–Trinajstić information content (AvgIpc) is 2.61. The number of allylic oxidation sites excluding steroid dienone is 1. The molecule has 0 spiro atoms. The van der Waals surface area contributed by atoms with E-state index in [-0.39, 0.29) is 0 Å². The van der Waals surface area contributed by atoms with Gasteiger partial charge in [0.25, 0.3) is 0 Å². The van der Waals surface area contributed by atoms with Crippen LogP contribution in [0.5, 0.6) is 0 Å². The van der Waals surface area contributed by atoms with Crippen molar-refractivity contribution in [3.63, 3.8) is 0 Å². The summed E-state index contributed by atoms with van der Waals surface area (Å²) in [7, 11) is 0. The van der Waals surface area contributed by atoms with Crippen molar-refractivity contribution in [1.29, 1.82) is 0 Å². The van der Waals surface area contributed by atoms with Gasteiger partial charge in [-0.05, 0) is 29.9 Å². The van der Waals surface area contributed by atoms with E-state index in [9.17, 15) is 0 Å². The molecule has 0 saturated carbocycles. The van der Waals surface area contributed by atoms with E-state index in [1.54, 1.807) is 11.8 Å². The van der Waals surface area contributed by atoms with E-state index in [1.807, 2.05) is 30.3 Å². The van der Waals surface area contributed by atoms with E-state index < -0.39 is 0 Å². The third-order valence-electron chi connectivity index (χ3n) is 3.73. The maximum Gasteiger partial charge on any atom is 0.0781 e. The summed E-state index contributed by atoms with van der Waals surface area (Å²) in [6.07, 6.45) is 4.07. The number of hydrogen-bond acceptors (Lipinski definition) is 2.